The second kappa shape index (κ2) is 5.82. The number of carbonyl (C=O) groups is 1. The predicted octanol–water partition coefficient (Wildman–Crippen LogP) is 2.84. The van der Waals surface area contributed by atoms with E-state index in [4.69, 9.17) is 9.47 Å². The Bertz CT molecular complexity index is 381. The van der Waals surface area contributed by atoms with E-state index >= 15 is 0 Å². The van der Waals surface area contributed by atoms with Crippen LogP contribution in [0, 0.1) is 0 Å². The monoisotopic (exact) mass is 234 g/mol. The summed E-state index contributed by atoms with van der Waals surface area (Å²) in [6.45, 7) is 0.158. The van der Waals surface area contributed by atoms with E-state index in [1.165, 1.54) is 12.8 Å². The second-order valence-corrected chi connectivity index (χ2v) is 4.34. The zero-order valence-corrected chi connectivity index (χ0v) is 10.1. The van der Waals surface area contributed by atoms with Crippen molar-refractivity contribution in [1.82, 2.24) is 0 Å². The number of rotatable bonds is 5. The van der Waals surface area contributed by atoms with Gasteiger partial charge in [-0.1, -0.05) is 25.0 Å². The Kier molecular flexibility index (Phi) is 4.15. The Morgan fingerprint density at radius 1 is 1.29 bits per heavy atom. The summed E-state index contributed by atoms with van der Waals surface area (Å²) in [6.07, 6.45) is 4.87. The Morgan fingerprint density at radius 3 is 2.71 bits per heavy atom. The van der Waals surface area contributed by atoms with Gasteiger partial charge in [0.05, 0.1) is 18.8 Å². The van der Waals surface area contributed by atoms with Crippen molar-refractivity contribution in [1.29, 1.82) is 0 Å². The number of carbonyl (C=O) groups excluding carboxylic acids is 1. The van der Waals surface area contributed by atoms with Crippen LogP contribution in [0.5, 0.6) is 5.75 Å². The van der Waals surface area contributed by atoms with Crippen LogP contribution in [0.4, 0.5) is 0 Å². The Labute approximate surface area is 102 Å². The van der Waals surface area contributed by atoms with Gasteiger partial charge in [0.2, 0.25) is 0 Å². The van der Waals surface area contributed by atoms with Gasteiger partial charge in [0, 0.05) is 0 Å². The third kappa shape index (κ3) is 3.07. The van der Waals surface area contributed by atoms with Gasteiger partial charge in [-0.25, -0.2) is 0 Å². The quantitative estimate of drug-likeness (QED) is 0.735. The van der Waals surface area contributed by atoms with E-state index in [0.29, 0.717) is 11.3 Å². The van der Waals surface area contributed by atoms with Crippen LogP contribution < -0.4 is 4.74 Å². The summed E-state index contributed by atoms with van der Waals surface area (Å²) < 4.78 is 10.8. The molecule has 0 spiro atoms. The number of ketones is 1. The summed E-state index contributed by atoms with van der Waals surface area (Å²) in [4.78, 5) is 12.0. The molecule has 0 aromatic heterocycles. The predicted molar refractivity (Wildman–Crippen MR) is 65.5 cm³/mol. The van der Waals surface area contributed by atoms with E-state index in [1.54, 1.807) is 19.2 Å². The molecule has 92 valence electrons. The lowest BCUT2D eigenvalue weighted by molar-refractivity contribution is 0.0480. The average molecular weight is 234 g/mol. The number of methoxy groups -OCH3 is 1. The topological polar surface area (TPSA) is 35.5 Å². The molecule has 3 heteroatoms. The molecule has 1 saturated carbocycles. The third-order valence-electron chi connectivity index (χ3n) is 3.16. The first-order chi connectivity index (χ1) is 8.31. The van der Waals surface area contributed by atoms with Crippen molar-refractivity contribution < 1.29 is 14.3 Å². The van der Waals surface area contributed by atoms with Crippen LogP contribution in [0.25, 0.3) is 0 Å². The summed E-state index contributed by atoms with van der Waals surface area (Å²) in [6, 6.07) is 7.26. The van der Waals surface area contributed by atoms with Crippen molar-refractivity contribution in [2.75, 3.05) is 13.7 Å². The van der Waals surface area contributed by atoms with Gasteiger partial charge in [-0.15, -0.1) is 0 Å². The van der Waals surface area contributed by atoms with Gasteiger partial charge in [-0.2, -0.15) is 0 Å². The molecule has 0 aliphatic heterocycles. The minimum atomic E-state index is -0.00523. The molecular formula is C14H18O3. The molecule has 1 aromatic carbocycles. The fraction of sp³-hybridized carbons (Fsp3) is 0.500. The molecular weight excluding hydrogens is 216 g/mol. The molecule has 1 aliphatic rings. The number of Topliss-reactive ketones (excluding diaryl/α,β-unsaturated/α-hetero) is 1. The first kappa shape index (κ1) is 12.1. The van der Waals surface area contributed by atoms with Crippen molar-refractivity contribution in [3.05, 3.63) is 29.8 Å². The highest BCUT2D eigenvalue weighted by Gasteiger charge is 2.18. The SMILES string of the molecule is COc1ccccc1C(=O)COC1CCCC1. The van der Waals surface area contributed by atoms with Gasteiger partial charge in [-0.3, -0.25) is 4.79 Å². The van der Waals surface area contributed by atoms with E-state index in [0.717, 1.165) is 12.8 Å². The van der Waals surface area contributed by atoms with E-state index in [-0.39, 0.29) is 18.5 Å². The van der Waals surface area contributed by atoms with Crippen LogP contribution in [0.1, 0.15) is 36.0 Å². The van der Waals surface area contributed by atoms with Gasteiger partial charge in [0.25, 0.3) is 0 Å². The van der Waals surface area contributed by atoms with Crippen LogP contribution in [-0.2, 0) is 4.74 Å². The Morgan fingerprint density at radius 2 is 2.00 bits per heavy atom. The molecule has 2 rings (SSSR count). The molecule has 3 nitrogen and oxygen atoms in total. The van der Waals surface area contributed by atoms with Crippen molar-refractivity contribution in [2.45, 2.75) is 31.8 Å². The highest BCUT2D eigenvalue weighted by molar-refractivity contribution is 5.99. The van der Waals surface area contributed by atoms with Crippen LogP contribution in [0.15, 0.2) is 24.3 Å². The minimum Gasteiger partial charge on any atom is -0.496 e. The summed E-state index contributed by atoms with van der Waals surface area (Å²) in [5, 5.41) is 0. The number of hydrogen-bond acceptors (Lipinski definition) is 3. The van der Waals surface area contributed by atoms with Crippen LogP contribution in [0.3, 0.4) is 0 Å². The summed E-state index contributed by atoms with van der Waals surface area (Å²) >= 11 is 0. The number of para-hydroxylation sites is 1. The van der Waals surface area contributed by atoms with Crippen molar-refractivity contribution in [3.63, 3.8) is 0 Å². The smallest absolute Gasteiger partial charge is 0.192 e. The fourth-order valence-corrected chi connectivity index (χ4v) is 2.20. The molecule has 0 N–H and O–H groups in total. The average Bonchev–Trinajstić information content (AvgIpc) is 2.89. The van der Waals surface area contributed by atoms with E-state index in [2.05, 4.69) is 0 Å². The van der Waals surface area contributed by atoms with E-state index < -0.39 is 0 Å². The molecule has 0 heterocycles. The van der Waals surface area contributed by atoms with E-state index in [1.807, 2.05) is 12.1 Å². The molecule has 0 unspecified atom stereocenters. The van der Waals surface area contributed by atoms with Gasteiger partial charge in [0.1, 0.15) is 12.4 Å². The molecule has 1 fully saturated rings. The number of benzene rings is 1. The lowest BCUT2D eigenvalue weighted by atomic mass is 10.1. The van der Waals surface area contributed by atoms with E-state index in [9.17, 15) is 4.79 Å². The maximum atomic E-state index is 12.0. The molecule has 0 amide bonds. The Hall–Kier alpha value is -1.35. The maximum absolute atomic E-state index is 12.0. The normalized spacial score (nSPS) is 16.1. The fourth-order valence-electron chi connectivity index (χ4n) is 2.20. The molecule has 0 radical (unpaired) electrons. The maximum Gasteiger partial charge on any atom is 0.192 e. The second-order valence-electron chi connectivity index (χ2n) is 4.34. The molecule has 0 saturated heterocycles. The summed E-state index contributed by atoms with van der Waals surface area (Å²) in [5.74, 6) is 0.613. The van der Waals surface area contributed by atoms with Gasteiger partial charge in [0.15, 0.2) is 5.78 Å². The largest absolute Gasteiger partial charge is 0.496 e. The van der Waals surface area contributed by atoms with Crippen molar-refractivity contribution in [3.8, 4) is 5.75 Å². The highest BCUT2D eigenvalue weighted by Crippen LogP contribution is 2.22. The summed E-state index contributed by atoms with van der Waals surface area (Å²) in [7, 11) is 1.57. The lowest BCUT2D eigenvalue weighted by Crippen LogP contribution is -2.16. The Balaban J connectivity index is 1.94. The van der Waals surface area contributed by atoms with Crippen LogP contribution in [-0.4, -0.2) is 25.6 Å². The first-order valence-corrected chi connectivity index (χ1v) is 6.09. The molecule has 1 aliphatic carbocycles. The minimum absolute atomic E-state index is 0.00523. The first-order valence-electron chi connectivity index (χ1n) is 6.09. The van der Waals surface area contributed by atoms with Crippen molar-refractivity contribution in [2.24, 2.45) is 0 Å². The lowest BCUT2D eigenvalue weighted by Gasteiger charge is -2.11. The molecule has 0 atom stereocenters. The molecule has 1 aromatic rings. The van der Waals surface area contributed by atoms with Gasteiger partial charge < -0.3 is 9.47 Å². The standard InChI is InChI=1S/C14H18O3/c1-16-14-9-5-4-8-12(14)13(15)10-17-11-6-2-3-7-11/h4-5,8-9,11H,2-3,6-7,10H2,1H3. The molecule has 0 bridgehead atoms. The summed E-state index contributed by atoms with van der Waals surface area (Å²) in [5.41, 5.74) is 0.605. The zero-order chi connectivity index (χ0) is 12.1. The third-order valence-corrected chi connectivity index (χ3v) is 3.16. The van der Waals surface area contributed by atoms with Crippen LogP contribution in [0.2, 0.25) is 0 Å². The van der Waals surface area contributed by atoms with Gasteiger partial charge in [-0.05, 0) is 25.0 Å². The highest BCUT2D eigenvalue weighted by atomic mass is 16.5. The number of hydrogen-bond donors (Lipinski definition) is 0. The molecule has 17 heavy (non-hydrogen) atoms. The van der Waals surface area contributed by atoms with Crippen LogP contribution >= 0.6 is 0 Å². The number of ether oxygens (including phenoxy) is 2. The van der Waals surface area contributed by atoms with Gasteiger partial charge >= 0.3 is 0 Å². The zero-order valence-electron chi connectivity index (χ0n) is 10.1. The van der Waals surface area contributed by atoms with Crippen molar-refractivity contribution >= 4 is 5.78 Å².